The fourth-order valence-electron chi connectivity index (χ4n) is 11.3. The van der Waals surface area contributed by atoms with Crippen molar-refractivity contribution in [3.05, 3.63) is 0 Å². The summed E-state index contributed by atoms with van der Waals surface area (Å²) in [5.41, 5.74) is 0. The second-order valence-corrected chi connectivity index (χ2v) is 24.4. The first kappa shape index (κ1) is 74.8. The summed E-state index contributed by atoms with van der Waals surface area (Å²) in [5.74, 6) is -1.65. The Balaban J connectivity index is 2.84. The molecule has 1 heterocycles. The maximum Gasteiger partial charge on any atom is 0.323 e. The van der Waals surface area contributed by atoms with Crippen LogP contribution in [0.1, 0.15) is 343 Å². The van der Waals surface area contributed by atoms with Crippen LogP contribution < -0.4 is 0 Å². The quantitative estimate of drug-likeness (QED) is 0.0250. The van der Waals surface area contributed by atoms with Crippen LogP contribution in [-0.4, -0.2) is 105 Å². The summed E-state index contributed by atoms with van der Waals surface area (Å²) in [7, 11) is 3.86. The molecule has 1 aliphatic rings. The molecule has 0 spiro atoms. The zero-order valence-electron chi connectivity index (χ0n) is 53.3. The van der Waals surface area contributed by atoms with Crippen LogP contribution in [-0.2, 0) is 42.9 Å². The van der Waals surface area contributed by atoms with Crippen LogP contribution >= 0.6 is 0 Å². The fourth-order valence-corrected chi connectivity index (χ4v) is 11.3. The summed E-state index contributed by atoms with van der Waals surface area (Å²) >= 11 is 0. The lowest BCUT2D eigenvalue weighted by atomic mass is 9.97. The van der Waals surface area contributed by atoms with Gasteiger partial charge in [0.05, 0.1) is 25.7 Å². The summed E-state index contributed by atoms with van der Waals surface area (Å²) in [6.45, 7) is 13.9. The molecule has 0 N–H and O–H groups in total. The summed E-state index contributed by atoms with van der Waals surface area (Å²) in [5, 5.41) is 0. The smallest absolute Gasteiger partial charge is 0.323 e. The van der Waals surface area contributed by atoms with Gasteiger partial charge >= 0.3 is 23.9 Å². The second-order valence-electron chi connectivity index (χ2n) is 24.4. The van der Waals surface area contributed by atoms with Crippen LogP contribution in [0, 0.1) is 0 Å². The number of carbonyl (C=O) groups is 4. The molecule has 1 rings (SSSR count). The number of esters is 4. The number of likely N-dealkylation sites (tertiary alicyclic amines) is 1. The van der Waals surface area contributed by atoms with Gasteiger partial charge in [-0.3, -0.25) is 24.1 Å². The number of hydrogen-bond donors (Lipinski definition) is 0. The van der Waals surface area contributed by atoms with E-state index in [1.807, 2.05) is 19.0 Å². The molecule has 0 bridgehead atoms. The van der Waals surface area contributed by atoms with Gasteiger partial charge < -0.3 is 28.6 Å². The maximum atomic E-state index is 14.0. The Labute approximate surface area is 488 Å². The molecule has 0 saturated carbocycles. The van der Waals surface area contributed by atoms with Crippen LogP contribution in [0.2, 0.25) is 0 Å². The second kappa shape index (κ2) is 53.7. The van der Waals surface area contributed by atoms with Crippen LogP contribution in [0.15, 0.2) is 0 Å². The molecular weight excluding hydrogens is 989 g/mol. The van der Waals surface area contributed by atoms with Gasteiger partial charge in [-0.1, -0.05) is 247 Å². The Hall–Kier alpha value is -2.24. The lowest BCUT2D eigenvalue weighted by molar-refractivity contribution is -0.259. The maximum absolute atomic E-state index is 14.0. The molecular formula is C68H130N2O9. The van der Waals surface area contributed by atoms with Crippen molar-refractivity contribution < 1.29 is 42.9 Å². The third-order valence-corrected chi connectivity index (χ3v) is 16.3. The lowest BCUT2D eigenvalue weighted by Crippen LogP contribution is -2.42. The van der Waals surface area contributed by atoms with Gasteiger partial charge in [-0.2, -0.15) is 0 Å². The van der Waals surface area contributed by atoms with Crippen molar-refractivity contribution in [2.45, 2.75) is 367 Å². The molecule has 1 fully saturated rings. The fraction of sp³-hybridized carbons (Fsp3) is 0.941. The molecule has 2 atom stereocenters. The molecule has 1 unspecified atom stereocenters. The predicted molar refractivity (Wildman–Crippen MR) is 329 cm³/mol. The van der Waals surface area contributed by atoms with E-state index in [2.05, 4.69) is 39.5 Å². The highest BCUT2D eigenvalue weighted by molar-refractivity contribution is 5.76. The van der Waals surface area contributed by atoms with Gasteiger partial charge in [0.25, 0.3) is 0 Å². The van der Waals surface area contributed by atoms with E-state index < -0.39 is 11.8 Å². The first-order valence-corrected chi connectivity index (χ1v) is 34.3. The van der Waals surface area contributed by atoms with Crippen LogP contribution in [0.5, 0.6) is 0 Å². The van der Waals surface area contributed by atoms with Gasteiger partial charge in [-0.15, -0.1) is 0 Å². The SMILES string of the molecule is CCCCCCCCCCCOC(=O)CCCCN1CC(OC(=O)CCN(C)C)C[C@H]1C(=O)OCCCCCCCC(=O)OC(CCCCCCCC)(CCCCCCCC)OC(CCCCCCCC)CCCCCCCC. The average Bonchev–Trinajstić information content (AvgIpc) is 3.86. The van der Waals surface area contributed by atoms with E-state index in [-0.39, 0.29) is 36.1 Å². The monoisotopic (exact) mass is 1120 g/mol. The van der Waals surface area contributed by atoms with Gasteiger partial charge in [0, 0.05) is 45.2 Å². The molecule has 0 aromatic carbocycles. The highest BCUT2D eigenvalue weighted by Crippen LogP contribution is 2.34. The van der Waals surface area contributed by atoms with Crippen molar-refractivity contribution in [3.8, 4) is 0 Å². The minimum atomic E-state index is -0.853. The number of ether oxygens (including phenoxy) is 5. The van der Waals surface area contributed by atoms with Crippen molar-refractivity contribution in [1.82, 2.24) is 9.80 Å². The van der Waals surface area contributed by atoms with E-state index >= 15 is 0 Å². The minimum absolute atomic E-state index is 0.115. The normalized spacial score (nSPS) is 14.9. The summed E-state index contributed by atoms with van der Waals surface area (Å²) in [4.78, 5) is 56.9. The molecule has 11 heteroatoms. The van der Waals surface area contributed by atoms with Crippen molar-refractivity contribution in [3.63, 3.8) is 0 Å². The Morgan fingerprint density at radius 2 is 0.861 bits per heavy atom. The highest BCUT2D eigenvalue weighted by Gasteiger charge is 2.40. The van der Waals surface area contributed by atoms with Gasteiger partial charge in [-0.25, -0.2) is 0 Å². The molecule has 1 aliphatic heterocycles. The Morgan fingerprint density at radius 1 is 0.456 bits per heavy atom. The molecule has 0 radical (unpaired) electrons. The van der Waals surface area contributed by atoms with Crippen molar-refractivity contribution in [1.29, 1.82) is 0 Å². The van der Waals surface area contributed by atoms with Crippen LogP contribution in [0.4, 0.5) is 0 Å². The Bertz CT molecular complexity index is 1380. The average molecular weight is 1120 g/mol. The molecule has 466 valence electrons. The zero-order chi connectivity index (χ0) is 57.7. The molecule has 0 aromatic heterocycles. The number of unbranched alkanes of at least 4 members (excludes halogenated alkanes) is 33. The predicted octanol–water partition coefficient (Wildman–Crippen LogP) is 18.7. The zero-order valence-corrected chi connectivity index (χ0v) is 53.3. The van der Waals surface area contributed by atoms with Crippen LogP contribution in [0.3, 0.4) is 0 Å². The highest BCUT2D eigenvalue weighted by atomic mass is 16.7. The Kier molecular flexibility index (Phi) is 50.9. The summed E-state index contributed by atoms with van der Waals surface area (Å²) in [6, 6.07) is -0.490. The summed E-state index contributed by atoms with van der Waals surface area (Å²) in [6.07, 6.45) is 51.1. The number of nitrogens with zero attached hydrogens (tertiary/aromatic N) is 2. The number of rotatable bonds is 59. The summed E-state index contributed by atoms with van der Waals surface area (Å²) < 4.78 is 31.3. The molecule has 0 aliphatic carbocycles. The molecule has 79 heavy (non-hydrogen) atoms. The number of carbonyl (C=O) groups excluding carboxylic acids is 4. The van der Waals surface area contributed by atoms with E-state index in [0.717, 1.165) is 103 Å². The Morgan fingerprint density at radius 3 is 1.34 bits per heavy atom. The first-order chi connectivity index (χ1) is 38.5. The van der Waals surface area contributed by atoms with Gasteiger partial charge in [0.1, 0.15) is 12.1 Å². The van der Waals surface area contributed by atoms with E-state index in [9.17, 15) is 19.2 Å². The van der Waals surface area contributed by atoms with Gasteiger partial charge in [0.15, 0.2) is 0 Å². The minimum Gasteiger partial charge on any atom is -0.466 e. The molecule has 1 saturated heterocycles. The number of hydrogen-bond acceptors (Lipinski definition) is 11. The standard InChI is InChI=1S/C68H130N2O9/c1-8-13-18-23-28-29-30-37-46-57-75-64(71)50-42-45-55-70-60-62(77-65(72)52-56-69(6)7)59-63(70)67(74)76-58-47-38-31-34-41-51-66(73)79-68(53-43-35-26-21-16-11-4,54-44-36-27-22-17-12-5)78-61(48-39-32-24-19-14-9-2)49-40-33-25-20-15-10-3/h61-63H,8-60H2,1-7H3/t62?,63-/m0/s1. The van der Waals surface area contributed by atoms with Crippen molar-refractivity contribution in [2.75, 3.05) is 46.9 Å². The third kappa shape index (κ3) is 44.0. The van der Waals surface area contributed by atoms with Gasteiger partial charge in [-0.05, 0) is 78.4 Å². The van der Waals surface area contributed by atoms with E-state index in [1.165, 1.54) is 173 Å². The van der Waals surface area contributed by atoms with E-state index in [4.69, 9.17) is 23.7 Å². The third-order valence-electron chi connectivity index (χ3n) is 16.3. The largest absolute Gasteiger partial charge is 0.466 e. The first-order valence-electron chi connectivity index (χ1n) is 34.3. The van der Waals surface area contributed by atoms with Crippen molar-refractivity contribution >= 4 is 23.9 Å². The van der Waals surface area contributed by atoms with Crippen LogP contribution in [0.25, 0.3) is 0 Å². The molecule has 0 amide bonds. The van der Waals surface area contributed by atoms with E-state index in [1.54, 1.807) is 0 Å². The lowest BCUT2D eigenvalue weighted by Gasteiger charge is -2.37. The van der Waals surface area contributed by atoms with Crippen molar-refractivity contribution in [2.24, 2.45) is 0 Å². The van der Waals surface area contributed by atoms with E-state index in [0.29, 0.717) is 65.0 Å². The van der Waals surface area contributed by atoms with Gasteiger partial charge in [0.2, 0.25) is 5.79 Å². The topological polar surface area (TPSA) is 121 Å². The molecule has 11 nitrogen and oxygen atoms in total. The molecule has 0 aromatic rings.